The highest BCUT2D eigenvalue weighted by atomic mass is 19.1. The van der Waals surface area contributed by atoms with E-state index in [4.69, 9.17) is 9.47 Å². The van der Waals surface area contributed by atoms with Crippen LogP contribution in [0.1, 0.15) is 76.7 Å². The summed E-state index contributed by atoms with van der Waals surface area (Å²) < 4.78 is 24.1. The van der Waals surface area contributed by atoms with Gasteiger partial charge in [-0.1, -0.05) is 25.5 Å². The highest BCUT2D eigenvalue weighted by Gasteiger charge is 2.55. The molecule has 0 unspecified atom stereocenters. The van der Waals surface area contributed by atoms with Gasteiger partial charge in [0.2, 0.25) is 5.91 Å². The molecular weight excluding hydrogens is 417 g/mol. The van der Waals surface area contributed by atoms with E-state index in [-0.39, 0.29) is 10.8 Å². The summed E-state index contributed by atoms with van der Waals surface area (Å²) in [6, 6.07) is 8.46. The lowest BCUT2D eigenvalue weighted by Crippen LogP contribution is -2.63. The summed E-state index contributed by atoms with van der Waals surface area (Å²) in [5.74, 6) is 1.23. The van der Waals surface area contributed by atoms with Crippen LogP contribution in [0, 0.1) is 10.8 Å². The molecule has 2 bridgehead atoms. The first-order valence-electron chi connectivity index (χ1n) is 12.9. The van der Waals surface area contributed by atoms with Gasteiger partial charge in [0.25, 0.3) is 0 Å². The molecule has 3 saturated carbocycles. The van der Waals surface area contributed by atoms with Crippen molar-refractivity contribution in [3.05, 3.63) is 41.7 Å². The van der Waals surface area contributed by atoms with E-state index >= 15 is 0 Å². The third-order valence-electron chi connectivity index (χ3n) is 9.32. The molecule has 1 aromatic rings. The molecule has 0 radical (unpaired) electrons. The van der Waals surface area contributed by atoms with E-state index in [0.29, 0.717) is 36.3 Å². The number of fused-ring (bicyclic) bond motifs is 4. The van der Waals surface area contributed by atoms with Crippen LogP contribution in [0.3, 0.4) is 0 Å². The van der Waals surface area contributed by atoms with Crippen molar-refractivity contribution in [3.63, 3.8) is 0 Å². The van der Waals surface area contributed by atoms with Crippen LogP contribution in [0.25, 0.3) is 0 Å². The minimum absolute atomic E-state index is 0.134. The van der Waals surface area contributed by atoms with Crippen molar-refractivity contribution in [2.24, 2.45) is 10.8 Å². The number of halogens is 1. The first kappa shape index (κ1) is 22.9. The molecule has 1 aromatic carbocycles. The van der Waals surface area contributed by atoms with E-state index in [1.165, 1.54) is 5.56 Å². The van der Waals surface area contributed by atoms with E-state index in [1.54, 1.807) is 0 Å². The molecule has 4 nitrogen and oxygen atoms in total. The van der Waals surface area contributed by atoms with Crippen molar-refractivity contribution in [2.45, 2.75) is 76.5 Å². The van der Waals surface area contributed by atoms with E-state index < -0.39 is 0 Å². The Hall–Kier alpha value is -1.88. The average Bonchev–Trinajstić information content (AvgIpc) is 3.16. The highest BCUT2D eigenvalue weighted by Crippen LogP contribution is 2.57. The quantitative estimate of drug-likeness (QED) is 0.532. The summed E-state index contributed by atoms with van der Waals surface area (Å²) in [5.41, 5.74) is 2.43. The van der Waals surface area contributed by atoms with E-state index in [2.05, 4.69) is 17.0 Å². The molecule has 33 heavy (non-hydrogen) atoms. The van der Waals surface area contributed by atoms with Gasteiger partial charge in [-0.3, -0.25) is 4.79 Å². The second-order valence-electron chi connectivity index (χ2n) is 11.1. The molecule has 180 valence electrons. The maximum Gasteiger partial charge on any atom is 0.228 e. The first-order chi connectivity index (χ1) is 16.0. The van der Waals surface area contributed by atoms with Crippen LogP contribution in [0.5, 0.6) is 5.75 Å². The molecule has 5 heteroatoms. The molecule has 1 spiro atoms. The normalized spacial score (nSPS) is 31.2. The van der Waals surface area contributed by atoms with Gasteiger partial charge < -0.3 is 14.4 Å². The zero-order chi connectivity index (χ0) is 22.9. The van der Waals surface area contributed by atoms with Crippen LogP contribution in [0.15, 0.2) is 36.2 Å². The summed E-state index contributed by atoms with van der Waals surface area (Å²) in [5, 5.41) is 0. The summed E-state index contributed by atoms with van der Waals surface area (Å²) in [4.78, 5) is 15.8. The van der Waals surface area contributed by atoms with Crippen LogP contribution in [0.4, 0.5) is 4.39 Å². The van der Waals surface area contributed by atoms with Gasteiger partial charge in [0, 0.05) is 37.1 Å². The number of likely N-dealkylation sites (tertiary alicyclic amines) is 1. The predicted octanol–water partition coefficient (Wildman–Crippen LogP) is 5.95. The fourth-order valence-corrected chi connectivity index (χ4v) is 6.88. The van der Waals surface area contributed by atoms with Gasteiger partial charge in [0.1, 0.15) is 12.4 Å². The molecule has 2 saturated heterocycles. The van der Waals surface area contributed by atoms with Gasteiger partial charge in [0.15, 0.2) is 0 Å². The van der Waals surface area contributed by atoms with E-state index in [0.717, 1.165) is 89.8 Å². The number of hydrogen-bond donors (Lipinski definition) is 0. The number of carbonyl (C=O) groups excluding carboxylic acids is 1. The Bertz CT molecular complexity index is 871. The zero-order valence-electron chi connectivity index (χ0n) is 20.0. The van der Waals surface area contributed by atoms with E-state index in [9.17, 15) is 9.18 Å². The molecule has 5 aliphatic rings. The molecule has 0 aromatic heterocycles. The van der Waals surface area contributed by atoms with Gasteiger partial charge in [-0.15, -0.1) is 0 Å². The number of ether oxygens (including phenoxy) is 2. The Kier molecular flexibility index (Phi) is 6.28. The summed E-state index contributed by atoms with van der Waals surface area (Å²) in [6.45, 7) is 5.83. The van der Waals surface area contributed by atoms with Gasteiger partial charge in [0.05, 0.1) is 6.33 Å². The average molecular weight is 456 g/mol. The van der Waals surface area contributed by atoms with Crippen LogP contribution in [-0.4, -0.2) is 43.7 Å². The van der Waals surface area contributed by atoms with Gasteiger partial charge in [-0.25, -0.2) is 4.39 Å². The van der Waals surface area contributed by atoms with Crippen LogP contribution < -0.4 is 4.74 Å². The standard InChI is InChI=1S/C28H38FNO3/c1-2-22(18-29)19-33-24-6-4-23(5-7-24)27-8-3-9-28(12-10-27,13-11-27)25(31)30-20-26(21-30)14-16-32-17-15-26/h4-7,18H,2-3,8-17,19-21H2,1H3/b22-18+. The molecule has 2 heterocycles. The Morgan fingerprint density at radius 3 is 2.36 bits per heavy atom. The molecule has 2 aliphatic heterocycles. The number of amides is 1. The van der Waals surface area contributed by atoms with Crippen molar-refractivity contribution in [1.29, 1.82) is 0 Å². The number of rotatable bonds is 6. The number of benzene rings is 1. The largest absolute Gasteiger partial charge is 0.489 e. The van der Waals surface area contributed by atoms with Crippen molar-refractivity contribution in [2.75, 3.05) is 32.9 Å². The molecule has 3 aliphatic carbocycles. The lowest BCUT2D eigenvalue weighted by molar-refractivity contribution is -0.163. The Balaban J connectivity index is 1.22. The summed E-state index contributed by atoms with van der Waals surface area (Å²) in [7, 11) is 0. The Labute approximate surface area is 197 Å². The van der Waals surface area contributed by atoms with Crippen molar-refractivity contribution < 1.29 is 18.7 Å². The molecule has 0 atom stereocenters. The minimum atomic E-state index is -0.134. The zero-order valence-corrected chi connectivity index (χ0v) is 20.0. The van der Waals surface area contributed by atoms with Gasteiger partial charge in [-0.2, -0.15) is 0 Å². The van der Waals surface area contributed by atoms with Crippen molar-refractivity contribution in [3.8, 4) is 5.75 Å². The summed E-state index contributed by atoms with van der Waals surface area (Å²) >= 11 is 0. The first-order valence-corrected chi connectivity index (χ1v) is 12.9. The maximum absolute atomic E-state index is 13.6. The molecule has 6 rings (SSSR count). The second-order valence-corrected chi connectivity index (χ2v) is 11.1. The third-order valence-corrected chi connectivity index (χ3v) is 9.32. The maximum atomic E-state index is 13.6. The van der Waals surface area contributed by atoms with Crippen LogP contribution >= 0.6 is 0 Å². The third kappa shape index (κ3) is 4.22. The Morgan fingerprint density at radius 2 is 1.73 bits per heavy atom. The van der Waals surface area contributed by atoms with Crippen LogP contribution in [0.2, 0.25) is 0 Å². The van der Waals surface area contributed by atoms with Gasteiger partial charge in [-0.05, 0) is 86.5 Å². The lowest BCUT2D eigenvalue weighted by Gasteiger charge is -2.55. The minimum Gasteiger partial charge on any atom is -0.489 e. The van der Waals surface area contributed by atoms with Crippen molar-refractivity contribution in [1.82, 2.24) is 4.90 Å². The number of hydrogen-bond acceptors (Lipinski definition) is 3. The van der Waals surface area contributed by atoms with Crippen molar-refractivity contribution >= 4 is 5.91 Å². The number of nitrogens with zero attached hydrogens (tertiary/aromatic N) is 1. The predicted molar refractivity (Wildman–Crippen MR) is 127 cm³/mol. The highest BCUT2D eigenvalue weighted by molar-refractivity contribution is 5.84. The summed E-state index contributed by atoms with van der Waals surface area (Å²) in [6.07, 6.45) is 11.1. The molecule has 1 amide bonds. The number of carbonyl (C=O) groups is 1. The van der Waals surface area contributed by atoms with Gasteiger partial charge >= 0.3 is 0 Å². The second kappa shape index (κ2) is 9.05. The SMILES string of the molecule is CC/C(=C\F)COc1ccc(C23CCCC(C(=O)N4CC5(CCOCC5)C4)(CC2)CC3)cc1. The Morgan fingerprint density at radius 1 is 1.03 bits per heavy atom. The molecule has 5 fully saturated rings. The molecular formula is C28H38FNO3. The fourth-order valence-electron chi connectivity index (χ4n) is 6.88. The smallest absolute Gasteiger partial charge is 0.228 e. The topological polar surface area (TPSA) is 38.8 Å². The molecule has 0 N–H and O–H groups in total. The monoisotopic (exact) mass is 455 g/mol. The van der Waals surface area contributed by atoms with Crippen LogP contribution in [-0.2, 0) is 14.9 Å². The lowest BCUT2D eigenvalue weighted by atomic mass is 9.61. The fraction of sp³-hybridized carbons (Fsp3) is 0.679. The van der Waals surface area contributed by atoms with E-state index in [1.807, 2.05) is 19.1 Å².